The minimum atomic E-state index is -4.31. The maximum absolute atomic E-state index is 12.5. The van der Waals surface area contributed by atoms with Gasteiger partial charge in [-0.15, -0.1) is 0 Å². The molecule has 0 bridgehead atoms. The molecule has 1 aliphatic carbocycles. The molecule has 0 saturated heterocycles. The Morgan fingerprint density at radius 2 is 1.79 bits per heavy atom. The molecule has 0 spiro atoms. The Labute approximate surface area is 151 Å². The van der Waals surface area contributed by atoms with Crippen LogP contribution in [0.25, 0.3) is 0 Å². The summed E-state index contributed by atoms with van der Waals surface area (Å²) in [5.41, 5.74) is -0.108. The van der Waals surface area contributed by atoms with E-state index in [0.29, 0.717) is 10.8 Å². The van der Waals surface area contributed by atoms with E-state index in [4.69, 9.17) is 12.2 Å². The smallest absolute Gasteiger partial charge is 0.362 e. The fourth-order valence-corrected chi connectivity index (χ4v) is 4.20. The van der Waals surface area contributed by atoms with Crippen LogP contribution in [-0.4, -0.2) is 22.7 Å². The molecule has 7 heteroatoms. The molecule has 0 radical (unpaired) electrons. The topological polar surface area (TPSA) is 24.1 Å². The predicted molar refractivity (Wildman–Crippen MR) is 99.6 cm³/mol. The molecular weight excluding hydrogens is 353 g/mol. The zero-order valence-corrected chi connectivity index (χ0v) is 15.1. The van der Waals surface area contributed by atoms with Crippen LogP contribution in [0.2, 0.25) is 0 Å². The first kappa shape index (κ1) is 19.4. The summed E-state index contributed by atoms with van der Waals surface area (Å²) in [7, 11) is 0. The molecule has 2 N–H and O–H groups in total. The zero-order chi connectivity index (χ0) is 17.4. The second kappa shape index (κ2) is 9.51. The van der Waals surface area contributed by atoms with Crippen LogP contribution in [0.15, 0.2) is 24.3 Å². The molecule has 0 amide bonds. The number of halogens is 3. The lowest BCUT2D eigenvalue weighted by molar-refractivity contribution is -0.137. The molecule has 0 atom stereocenters. The van der Waals surface area contributed by atoms with Crippen molar-refractivity contribution in [2.24, 2.45) is 0 Å². The quantitative estimate of drug-likeness (QED) is 0.509. The normalized spacial score (nSPS) is 16.0. The van der Waals surface area contributed by atoms with Gasteiger partial charge in [-0.3, -0.25) is 0 Å². The third-order valence-electron chi connectivity index (χ3n) is 3.98. The summed E-state index contributed by atoms with van der Waals surface area (Å²) in [6.07, 6.45) is 3.48. The molecule has 134 valence electrons. The fourth-order valence-electron chi connectivity index (χ4n) is 2.67. The minimum Gasteiger partial charge on any atom is -0.362 e. The largest absolute Gasteiger partial charge is 0.416 e. The second-order valence-electron chi connectivity index (χ2n) is 5.94. The van der Waals surface area contributed by atoms with Gasteiger partial charge in [0.25, 0.3) is 0 Å². The van der Waals surface area contributed by atoms with Gasteiger partial charge in [0.15, 0.2) is 5.11 Å². The number of nitrogens with one attached hydrogen (secondary N) is 2. The molecule has 1 aromatic rings. The van der Waals surface area contributed by atoms with Crippen LogP contribution in [0.1, 0.15) is 44.1 Å². The van der Waals surface area contributed by atoms with E-state index in [-0.39, 0.29) is 0 Å². The van der Waals surface area contributed by atoms with Gasteiger partial charge in [-0.05, 0) is 61.5 Å². The summed E-state index contributed by atoms with van der Waals surface area (Å²) >= 11 is 7.21. The third kappa shape index (κ3) is 6.89. The van der Waals surface area contributed by atoms with Crippen molar-refractivity contribution in [1.82, 2.24) is 5.32 Å². The third-order valence-corrected chi connectivity index (χ3v) is 5.70. The lowest BCUT2D eigenvalue weighted by Crippen LogP contribution is -2.29. The van der Waals surface area contributed by atoms with Gasteiger partial charge in [-0.25, -0.2) is 0 Å². The van der Waals surface area contributed by atoms with E-state index in [2.05, 4.69) is 10.6 Å². The van der Waals surface area contributed by atoms with Gasteiger partial charge in [0.1, 0.15) is 0 Å². The first-order valence-electron chi connectivity index (χ1n) is 8.29. The lowest BCUT2D eigenvalue weighted by atomic mass is 10.0. The number of alkyl halides is 3. The Morgan fingerprint density at radius 3 is 2.42 bits per heavy atom. The Bertz CT molecular complexity index is 512. The highest BCUT2D eigenvalue weighted by Gasteiger charge is 2.29. The molecule has 24 heavy (non-hydrogen) atoms. The highest BCUT2D eigenvalue weighted by Crippen LogP contribution is 2.30. The molecule has 1 aliphatic rings. The van der Waals surface area contributed by atoms with E-state index < -0.39 is 11.7 Å². The standard InChI is InChI=1S/C17H23F3N2S2/c18-17(19,20)13-7-9-14(10-8-13)22-16(23)21-11-4-12-24-15-5-2-1-3-6-15/h7-10,15H,1-6,11-12H2,(H2,21,22,23). The number of benzene rings is 1. The molecule has 1 fully saturated rings. The molecule has 2 rings (SSSR count). The minimum absolute atomic E-state index is 0.442. The number of thioether (sulfide) groups is 1. The van der Waals surface area contributed by atoms with Crippen molar-refractivity contribution in [3.63, 3.8) is 0 Å². The van der Waals surface area contributed by atoms with Crippen molar-refractivity contribution >= 4 is 34.8 Å². The van der Waals surface area contributed by atoms with Gasteiger partial charge in [0, 0.05) is 17.5 Å². The maximum Gasteiger partial charge on any atom is 0.416 e. The molecule has 2 nitrogen and oxygen atoms in total. The average Bonchev–Trinajstić information content (AvgIpc) is 2.55. The summed E-state index contributed by atoms with van der Waals surface area (Å²) in [6.45, 7) is 0.770. The number of rotatable bonds is 6. The van der Waals surface area contributed by atoms with Gasteiger partial charge < -0.3 is 10.6 Å². The molecule has 1 aromatic carbocycles. The predicted octanol–water partition coefficient (Wildman–Crippen LogP) is 5.45. The fraction of sp³-hybridized carbons (Fsp3) is 0.588. The van der Waals surface area contributed by atoms with Crippen LogP contribution >= 0.6 is 24.0 Å². The van der Waals surface area contributed by atoms with Crippen molar-refractivity contribution < 1.29 is 13.2 Å². The number of thiocarbonyl (C=S) groups is 1. The van der Waals surface area contributed by atoms with Gasteiger partial charge in [0.2, 0.25) is 0 Å². The monoisotopic (exact) mass is 376 g/mol. The highest BCUT2D eigenvalue weighted by atomic mass is 32.2. The molecule has 1 saturated carbocycles. The first-order valence-corrected chi connectivity index (χ1v) is 9.74. The molecule has 0 aliphatic heterocycles. The second-order valence-corrected chi connectivity index (χ2v) is 7.76. The summed E-state index contributed by atoms with van der Waals surface area (Å²) in [4.78, 5) is 0. The van der Waals surface area contributed by atoms with Gasteiger partial charge in [-0.1, -0.05) is 19.3 Å². The molecular formula is C17H23F3N2S2. The van der Waals surface area contributed by atoms with Gasteiger partial charge in [-0.2, -0.15) is 24.9 Å². The van der Waals surface area contributed by atoms with Crippen LogP contribution in [-0.2, 0) is 6.18 Å². The number of anilines is 1. The number of hydrogen-bond acceptors (Lipinski definition) is 2. The van der Waals surface area contributed by atoms with E-state index in [1.165, 1.54) is 44.2 Å². The first-order chi connectivity index (χ1) is 11.4. The van der Waals surface area contributed by atoms with E-state index >= 15 is 0 Å². The Morgan fingerprint density at radius 1 is 1.12 bits per heavy atom. The number of hydrogen-bond donors (Lipinski definition) is 2. The van der Waals surface area contributed by atoms with Crippen molar-refractivity contribution in [1.29, 1.82) is 0 Å². The maximum atomic E-state index is 12.5. The zero-order valence-electron chi connectivity index (χ0n) is 13.5. The Hall–Kier alpha value is -0.950. The average molecular weight is 377 g/mol. The van der Waals surface area contributed by atoms with E-state index in [1.54, 1.807) is 0 Å². The summed E-state index contributed by atoms with van der Waals surface area (Å²) in [6, 6.07) is 4.86. The summed E-state index contributed by atoms with van der Waals surface area (Å²) in [5.74, 6) is 1.11. The molecule has 0 unspecified atom stereocenters. The Balaban J connectivity index is 1.61. The van der Waals surface area contributed by atoms with Crippen LogP contribution in [0, 0.1) is 0 Å². The molecule has 0 aromatic heterocycles. The van der Waals surface area contributed by atoms with Gasteiger partial charge >= 0.3 is 6.18 Å². The molecule has 0 heterocycles. The SMILES string of the molecule is FC(F)(F)c1ccc(NC(=S)NCCCSC2CCCCC2)cc1. The van der Waals surface area contributed by atoms with Crippen LogP contribution < -0.4 is 10.6 Å². The summed E-state index contributed by atoms with van der Waals surface area (Å²) < 4.78 is 37.5. The van der Waals surface area contributed by atoms with Crippen LogP contribution in [0.5, 0.6) is 0 Å². The van der Waals surface area contributed by atoms with E-state index in [9.17, 15) is 13.2 Å². The van der Waals surface area contributed by atoms with Crippen molar-refractivity contribution in [2.45, 2.75) is 50.0 Å². The van der Waals surface area contributed by atoms with Crippen LogP contribution in [0.3, 0.4) is 0 Å². The van der Waals surface area contributed by atoms with Gasteiger partial charge in [0.05, 0.1) is 5.56 Å². The van der Waals surface area contributed by atoms with E-state index in [1.807, 2.05) is 11.8 Å². The lowest BCUT2D eigenvalue weighted by Gasteiger charge is -2.20. The van der Waals surface area contributed by atoms with Crippen LogP contribution in [0.4, 0.5) is 18.9 Å². The van der Waals surface area contributed by atoms with Crippen molar-refractivity contribution in [3.8, 4) is 0 Å². The Kier molecular flexibility index (Phi) is 7.68. The van der Waals surface area contributed by atoms with E-state index in [0.717, 1.165) is 36.1 Å². The van der Waals surface area contributed by atoms with Crippen molar-refractivity contribution in [2.75, 3.05) is 17.6 Å². The highest BCUT2D eigenvalue weighted by molar-refractivity contribution is 7.99. The summed E-state index contributed by atoms with van der Waals surface area (Å²) in [5, 5.41) is 7.26. The van der Waals surface area contributed by atoms with Crippen molar-refractivity contribution in [3.05, 3.63) is 29.8 Å².